The number of hydrogen-bond acceptors (Lipinski definition) is 4. The van der Waals surface area contributed by atoms with Gasteiger partial charge in [-0.25, -0.2) is 4.98 Å². The predicted molar refractivity (Wildman–Crippen MR) is 120 cm³/mol. The minimum Gasteiger partial charge on any atom is -0.507 e. The fourth-order valence-electron chi connectivity index (χ4n) is 3.81. The van der Waals surface area contributed by atoms with E-state index >= 15 is 0 Å². The first-order chi connectivity index (χ1) is 15.2. The van der Waals surface area contributed by atoms with E-state index in [-0.39, 0.29) is 26.8 Å². The number of pyridine rings is 1. The van der Waals surface area contributed by atoms with Crippen molar-refractivity contribution in [3.63, 3.8) is 0 Å². The molecule has 5 aromatic rings. The number of aromatic nitrogens is 3. The number of phenolic OH excluding ortho intramolecular Hbond substituents is 1. The monoisotopic (exact) mass is 596 g/mol. The summed E-state index contributed by atoms with van der Waals surface area (Å²) in [5.41, 5.74) is 6.10. The summed E-state index contributed by atoms with van der Waals surface area (Å²) in [5.74, 6) is 0.878. The van der Waals surface area contributed by atoms with Crippen molar-refractivity contribution < 1.29 is 26.2 Å². The number of phenols is 1. The number of rotatable bonds is 3. The van der Waals surface area contributed by atoms with Crippen LogP contribution in [0.3, 0.4) is 0 Å². The first-order valence-corrected chi connectivity index (χ1v) is 9.79. The fourth-order valence-corrected chi connectivity index (χ4v) is 3.81. The van der Waals surface area contributed by atoms with Crippen LogP contribution in [0.2, 0.25) is 0 Å². The maximum Gasteiger partial charge on any atom is 0.143 e. The van der Waals surface area contributed by atoms with Gasteiger partial charge in [0.2, 0.25) is 0 Å². The second-order valence-corrected chi connectivity index (χ2v) is 7.17. The van der Waals surface area contributed by atoms with E-state index in [4.69, 9.17) is 4.98 Å². The molecule has 3 aromatic carbocycles. The Balaban J connectivity index is 0.00000245. The summed E-state index contributed by atoms with van der Waals surface area (Å²) >= 11 is 0. The van der Waals surface area contributed by atoms with Crippen LogP contribution in [0.1, 0.15) is 5.56 Å². The molecule has 0 saturated carbocycles. The third kappa shape index (κ3) is 3.60. The molecule has 0 aliphatic rings. The molecule has 0 radical (unpaired) electrons. The van der Waals surface area contributed by atoms with E-state index in [1.165, 1.54) is 0 Å². The number of aryl methyl sites for hydroxylation is 1. The summed E-state index contributed by atoms with van der Waals surface area (Å²) in [6, 6.07) is 28.1. The zero-order valence-corrected chi connectivity index (χ0v) is 19.3. The van der Waals surface area contributed by atoms with Gasteiger partial charge in [0.25, 0.3) is 0 Å². The van der Waals surface area contributed by atoms with Crippen molar-refractivity contribution in [2.24, 2.45) is 7.05 Å². The third-order valence-electron chi connectivity index (χ3n) is 5.33. The van der Waals surface area contributed by atoms with Crippen LogP contribution < -0.4 is 0 Å². The number of nitriles is 1. The van der Waals surface area contributed by atoms with E-state index < -0.39 is 0 Å². The molecule has 32 heavy (non-hydrogen) atoms. The van der Waals surface area contributed by atoms with Crippen molar-refractivity contribution in [1.29, 1.82) is 5.26 Å². The number of para-hydroxylation sites is 2. The molecule has 0 fully saturated rings. The molecule has 158 valence electrons. The van der Waals surface area contributed by atoms with Crippen molar-refractivity contribution >= 4 is 11.0 Å². The van der Waals surface area contributed by atoms with Gasteiger partial charge in [0, 0.05) is 45.6 Å². The smallest absolute Gasteiger partial charge is 0.143 e. The van der Waals surface area contributed by atoms with Gasteiger partial charge in [-0.05, 0) is 30.3 Å². The molecule has 5 rings (SSSR count). The Kier molecular flexibility index (Phi) is 5.90. The van der Waals surface area contributed by atoms with Crippen LogP contribution in [-0.2, 0) is 28.1 Å². The van der Waals surface area contributed by atoms with E-state index in [9.17, 15) is 10.4 Å². The Morgan fingerprint density at radius 3 is 2.47 bits per heavy atom. The van der Waals surface area contributed by atoms with Gasteiger partial charge in [0.15, 0.2) is 0 Å². The Morgan fingerprint density at radius 2 is 1.66 bits per heavy atom. The molecule has 5 nitrogen and oxygen atoms in total. The van der Waals surface area contributed by atoms with Gasteiger partial charge in [-0.2, -0.15) is 5.26 Å². The second-order valence-electron chi connectivity index (χ2n) is 7.17. The molecule has 6 heteroatoms. The van der Waals surface area contributed by atoms with Gasteiger partial charge >= 0.3 is 0 Å². The Labute approximate surface area is 199 Å². The summed E-state index contributed by atoms with van der Waals surface area (Å²) in [4.78, 5) is 9.25. The summed E-state index contributed by atoms with van der Waals surface area (Å²) in [5, 5.41) is 19.8. The van der Waals surface area contributed by atoms with Crippen molar-refractivity contribution in [2.45, 2.75) is 0 Å². The van der Waals surface area contributed by atoms with E-state index in [0.29, 0.717) is 22.6 Å². The Bertz CT molecular complexity index is 1480. The molecular formula is C26H17N4OPt-. The number of imidazole rings is 1. The number of benzene rings is 3. The van der Waals surface area contributed by atoms with E-state index in [0.717, 1.165) is 27.7 Å². The molecule has 2 heterocycles. The maximum atomic E-state index is 10.3. The minimum atomic E-state index is 0. The van der Waals surface area contributed by atoms with Gasteiger partial charge < -0.3 is 9.67 Å². The Morgan fingerprint density at radius 1 is 0.906 bits per heavy atom. The van der Waals surface area contributed by atoms with Gasteiger partial charge in [-0.1, -0.05) is 35.4 Å². The van der Waals surface area contributed by atoms with E-state index in [1.54, 1.807) is 30.5 Å². The molecule has 0 bridgehead atoms. The average molecular weight is 597 g/mol. The molecule has 0 spiro atoms. The number of nitrogens with zero attached hydrogens (tertiary/aromatic N) is 4. The first-order valence-electron chi connectivity index (χ1n) is 9.79. The van der Waals surface area contributed by atoms with Crippen molar-refractivity contribution in [2.75, 3.05) is 0 Å². The van der Waals surface area contributed by atoms with Crippen LogP contribution in [0, 0.1) is 17.4 Å². The number of aromatic hydroxyl groups is 1. The summed E-state index contributed by atoms with van der Waals surface area (Å²) in [6.45, 7) is 0. The van der Waals surface area contributed by atoms with Gasteiger partial charge in [0.1, 0.15) is 11.6 Å². The third-order valence-corrected chi connectivity index (χ3v) is 5.33. The van der Waals surface area contributed by atoms with Crippen LogP contribution in [0.15, 0.2) is 79.0 Å². The van der Waals surface area contributed by atoms with Crippen LogP contribution in [0.25, 0.3) is 44.8 Å². The molecular weight excluding hydrogens is 579 g/mol. The topological polar surface area (TPSA) is 74.7 Å². The van der Waals surface area contributed by atoms with Crippen LogP contribution >= 0.6 is 0 Å². The molecule has 0 aliphatic carbocycles. The SMILES string of the molecule is Cn1c(-c2ccccc2O)nc2c(-c3[c-]c(-c4ncccc4C#N)ccc3)cccc21.[Pt]. The summed E-state index contributed by atoms with van der Waals surface area (Å²) < 4.78 is 1.98. The maximum absolute atomic E-state index is 10.3. The zero-order chi connectivity index (χ0) is 21.4. The molecule has 2 aromatic heterocycles. The second kappa shape index (κ2) is 8.78. The fraction of sp³-hybridized carbons (Fsp3) is 0.0385. The van der Waals surface area contributed by atoms with Crippen LogP contribution in [0.4, 0.5) is 0 Å². The van der Waals surface area contributed by atoms with Gasteiger partial charge in [0.05, 0.1) is 22.7 Å². The van der Waals surface area contributed by atoms with Crippen molar-refractivity contribution in [3.05, 3.63) is 90.6 Å². The average Bonchev–Trinajstić information content (AvgIpc) is 3.16. The van der Waals surface area contributed by atoms with Crippen LogP contribution in [0.5, 0.6) is 5.75 Å². The number of hydrogen-bond donors (Lipinski definition) is 1. The van der Waals surface area contributed by atoms with Crippen molar-refractivity contribution in [3.8, 4) is 45.6 Å². The van der Waals surface area contributed by atoms with Gasteiger partial charge in [-0.3, -0.25) is 4.98 Å². The van der Waals surface area contributed by atoms with E-state index in [1.807, 2.05) is 60.1 Å². The zero-order valence-electron chi connectivity index (χ0n) is 17.1. The predicted octanol–water partition coefficient (Wildman–Crippen LogP) is 5.34. The largest absolute Gasteiger partial charge is 0.507 e. The molecule has 0 saturated heterocycles. The quantitative estimate of drug-likeness (QED) is 0.286. The summed E-state index contributed by atoms with van der Waals surface area (Å²) in [6.07, 6.45) is 1.68. The van der Waals surface area contributed by atoms with Gasteiger partial charge in [-0.15, -0.1) is 29.8 Å². The van der Waals surface area contributed by atoms with Crippen LogP contribution in [-0.4, -0.2) is 19.6 Å². The molecule has 0 unspecified atom stereocenters. The molecule has 0 atom stereocenters. The molecule has 0 amide bonds. The standard InChI is InChI=1S/C26H17N4O.Pt/c1-30-22-12-5-11-20(25(22)29-26(30)21-10-2-3-13-23(21)31)17-7-4-8-18(15-17)24-19(16-27)9-6-14-28-24;/h2-14,31H,1H3;/q-1;. The molecule has 0 aliphatic heterocycles. The summed E-state index contributed by atoms with van der Waals surface area (Å²) in [7, 11) is 1.94. The van der Waals surface area contributed by atoms with E-state index in [2.05, 4.69) is 17.1 Å². The number of fused-ring (bicyclic) bond motifs is 1. The Hall–Kier alpha value is -3.74. The molecule has 1 N–H and O–H groups in total. The van der Waals surface area contributed by atoms with Crippen molar-refractivity contribution in [1.82, 2.24) is 14.5 Å². The minimum absolute atomic E-state index is 0. The first kappa shape index (κ1) is 21.5. The normalized spacial score (nSPS) is 10.5.